The molecule has 0 amide bonds. The first-order valence-corrected chi connectivity index (χ1v) is 4.77. The Labute approximate surface area is 89.4 Å². The number of hydrogen-bond acceptors (Lipinski definition) is 2. The molecule has 0 aliphatic carbocycles. The van der Waals surface area contributed by atoms with Crippen LogP contribution in [0.1, 0.15) is 22.8 Å². The van der Waals surface area contributed by atoms with E-state index in [4.69, 9.17) is 5.11 Å². The van der Waals surface area contributed by atoms with Gasteiger partial charge in [-0.25, -0.2) is 4.79 Å². The standard InChI is InChI=1S/C12H15NO2/c1-4-9(3)13-11-6-5-10(12(14)15)7-8(11)2/h4-7,9,13H,1H2,2-3H3,(H,14,15). The van der Waals surface area contributed by atoms with Crippen molar-refractivity contribution in [3.63, 3.8) is 0 Å². The molecule has 0 saturated heterocycles. The summed E-state index contributed by atoms with van der Waals surface area (Å²) in [5, 5.41) is 12.0. The molecule has 80 valence electrons. The fourth-order valence-electron chi connectivity index (χ4n) is 1.26. The summed E-state index contributed by atoms with van der Waals surface area (Å²) >= 11 is 0. The van der Waals surface area contributed by atoms with Crippen LogP contribution in [0.2, 0.25) is 0 Å². The molecule has 0 fully saturated rings. The van der Waals surface area contributed by atoms with E-state index in [0.29, 0.717) is 5.56 Å². The molecular formula is C12H15NO2. The molecule has 3 heteroatoms. The van der Waals surface area contributed by atoms with Crippen LogP contribution < -0.4 is 5.32 Å². The Morgan fingerprint density at radius 1 is 1.60 bits per heavy atom. The number of carboxylic acid groups (broad SMARTS) is 1. The van der Waals surface area contributed by atoms with Crippen LogP contribution in [0.3, 0.4) is 0 Å². The number of aromatic carboxylic acids is 1. The first-order valence-electron chi connectivity index (χ1n) is 4.77. The summed E-state index contributed by atoms with van der Waals surface area (Å²) in [6.07, 6.45) is 1.80. The molecule has 0 bridgehead atoms. The molecule has 0 saturated carbocycles. The topological polar surface area (TPSA) is 49.3 Å². The van der Waals surface area contributed by atoms with E-state index >= 15 is 0 Å². The van der Waals surface area contributed by atoms with Crippen LogP contribution in [0.25, 0.3) is 0 Å². The van der Waals surface area contributed by atoms with E-state index in [2.05, 4.69) is 11.9 Å². The van der Waals surface area contributed by atoms with Gasteiger partial charge in [0.2, 0.25) is 0 Å². The van der Waals surface area contributed by atoms with Crippen molar-refractivity contribution in [2.45, 2.75) is 19.9 Å². The summed E-state index contributed by atoms with van der Waals surface area (Å²) in [6.45, 7) is 7.54. The lowest BCUT2D eigenvalue weighted by Crippen LogP contribution is -2.12. The lowest BCUT2D eigenvalue weighted by Gasteiger charge is -2.13. The van der Waals surface area contributed by atoms with E-state index in [1.54, 1.807) is 24.3 Å². The minimum Gasteiger partial charge on any atom is -0.478 e. The third kappa shape index (κ3) is 2.84. The molecule has 1 rings (SSSR count). The van der Waals surface area contributed by atoms with Crippen LogP contribution in [-0.4, -0.2) is 17.1 Å². The number of nitrogens with one attached hydrogen (secondary N) is 1. The molecule has 1 unspecified atom stereocenters. The molecule has 0 spiro atoms. The number of anilines is 1. The fourth-order valence-corrected chi connectivity index (χ4v) is 1.26. The van der Waals surface area contributed by atoms with Crippen molar-refractivity contribution >= 4 is 11.7 Å². The molecule has 1 aromatic carbocycles. The van der Waals surface area contributed by atoms with Crippen LogP contribution in [0.5, 0.6) is 0 Å². The second kappa shape index (κ2) is 4.64. The van der Waals surface area contributed by atoms with E-state index in [1.807, 2.05) is 13.8 Å². The van der Waals surface area contributed by atoms with Crippen molar-refractivity contribution < 1.29 is 9.90 Å². The van der Waals surface area contributed by atoms with Crippen molar-refractivity contribution in [3.8, 4) is 0 Å². The highest BCUT2D eigenvalue weighted by Gasteiger charge is 2.06. The summed E-state index contributed by atoms with van der Waals surface area (Å²) in [6, 6.07) is 5.19. The van der Waals surface area contributed by atoms with Gasteiger partial charge in [-0.15, -0.1) is 6.58 Å². The summed E-state index contributed by atoms with van der Waals surface area (Å²) in [7, 11) is 0. The van der Waals surface area contributed by atoms with Crippen LogP contribution >= 0.6 is 0 Å². The van der Waals surface area contributed by atoms with Gasteiger partial charge in [0.25, 0.3) is 0 Å². The monoisotopic (exact) mass is 205 g/mol. The zero-order valence-electron chi connectivity index (χ0n) is 8.95. The molecule has 15 heavy (non-hydrogen) atoms. The van der Waals surface area contributed by atoms with Gasteiger partial charge in [-0.05, 0) is 37.6 Å². The summed E-state index contributed by atoms with van der Waals surface area (Å²) in [5.74, 6) is -0.901. The Bertz CT molecular complexity index is 385. The van der Waals surface area contributed by atoms with Crippen molar-refractivity contribution in [2.24, 2.45) is 0 Å². The van der Waals surface area contributed by atoms with Crippen molar-refractivity contribution in [2.75, 3.05) is 5.32 Å². The fraction of sp³-hybridized carbons (Fsp3) is 0.250. The first-order chi connectivity index (χ1) is 7.04. The highest BCUT2D eigenvalue weighted by molar-refractivity contribution is 5.88. The Morgan fingerprint density at radius 3 is 2.73 bits per heavy atom. The Morgan fingerprint density at radius 2 is 2.27 bits per heavy atom. The maximum absolute atomic E-state index is 10.7. The molecular weight excluding hydrogens is 190 g/mol. The maximum atomic E-state index is 10.7. The first kappa shape index (κ1) is 11.3. The Hall–Kier alpha value is -1.77. The molecule has 3 nitrogen and oxygen atoms in total. The second-order valence-electron chi connectivity index (χ2n) is 3.50. The quantitative estimate of drug-likeness (QED) is 0.743. The van der Waals surface area contributed by atoms with Gasteiger partial charge in [-0.1, -0.05) is 6.08 Å². The third-order valence-corrected chi connectivity index (χ3v) is 2.21. The highest BCUT2D eigenvalue weighted by atomic mass is 16.4. The van der Waals surface area contributed by atoms with Crippen molar-refractivity contribution in [1.29, 1.82) is 0 Å². The van der Waals surface area contributed by atoms with Crippen molar-refractivity contribution in [3.05, 3.63) is 42.0 Å². The van der Waals surface area contributed by atoms with Crippen molar-refractivity contribution in [1.82, 2.24) is 0 Å². The van der Waals surface area contributed by atoms with Crippen LogP contribution in [0.15, 0.2) is 30.9 Å². The van der Waals surface area contributed by atoms with Gasteiger partial charge in [-0.3, -0.25) is 0 Å². The van der Waals surface area contributed by atoms with Crippen LogP contribution in [0, 0.1) is 6.92 Å². The average molecular weight is 205 g/mol. The number of carboxylic acids is 1. The molecule has 1 atom stereocenters. The molecule has 0 radical (unpaired) electrons. The zero-order chi connectivity index (χ0) is 11.4. The van der Waals surface area contributed by atoms with E-state index < -0.39 is 5.97 Å². The average Bonchev–Trinajstić information content (AvgIpc) is 2.20. The number of carbonyl (C=O) groups is 1. The maximum Gasteiger partial charge on any atom is 0.335 e. The summed E-state index contributed by atoms with van der Waals surface area (Å²) in [5.41, 5.74) is 2.17. The zero-order valence-corrected chi connectivity index (χ0v) is 8.95. The predicted molar refractivity (Wildman–Crippen MR) is 61.4 cm³/mol. The summed E-state index contributed by atoms with van der Waals surface area (Å²) in [4.78, 5) is 10.7. The van der Waals surface area contributed by atoms with Gasteiger partial charge in [0.05, 0.1) is 5.56 Å². The van der Waals surface area contributed by atoms with Gasteiger partial charge in [0.15, 0.2) is 0 Å². The minimum absolute atomic E-state index is 0.166. The molecule has 0 aromatic heterocycles. The highest BCUT2D eigenvalue weighted by Crippen LogP contribution is 2.17. The summed E-state index contributed by atoms with van der Waals surface area (Å²) < 4.78 is 0. The predicted octanol–water partition coefficient (Wildman–Crippen LogP) is 2.68. The Kier molecular flexibility index (Phi) is 3.50. The molecule has 2 N–H and O–H groups in total. The SMILES string of the molecule is C=CC(C)Nc1ccc(C(=O)O)cc1C. The van der Waals surface area contributed by atoms with Gasteiger partial charge in [0, 0.05) is 11.7 Å². The van der Waals surface area contributed by atoms with Crippen LogP contribution in [-0.2, 0) is 0 Å². The van der Waals surface area contributed by atoms with Gasteiger partial charge < -0.3 is 10.4 Å². The minimum atomic E-state index is -0.901. The lowest BCUT2D eigenvalue weighted by molar-refractivity contribution is 0.0697. The molecule has 1 aromatic rings. The van der Waals surface area contributed by atoms with E-state index in [-0.39, 0.29) is 6.04 Å². The van der Waals surface area contributed by atoms with Gasteiger partial charge in [0.1, 0.15) is 0 Å². The second-order valence-corrected chi connectivity index (χ2v) is 3.50. The van der Waals surface area contributed by atoms with Gasteiger partial charge in [-0.2, -0.15) is 0 Å². The number of hydrogen-bond donors (Lipinski definition) is 2. The van der Waals surface area contributed by atoms with Crippen LogP contribution in [0.4, 0.5) is 5.69 Å². The largest absolute Gasteiger partial charge is 0.478 e. The van der Waals surface area contributed by atoms with E-state index in [0.717, 1.165) is 11.3 Å². The molecule has 0 aliphatic rings. The lowest BCUT2D eigenvalue weighted by atomic mass is 10.1. The number of aryl methyl sites for hydroxylation is 1. The molecule has 0 aliphatic heterocycles. The van der Waals surface area contributed by atoms with Gasteiger partial charge >= 0.3 is 5.97 Å². The number of rotatable bonds is 4. The third-order valence-electron chi connectivity index (χ3n) is 2.21. The smallest absolute Gasteiger partial charge is 0.335 e. The van der Waals surface area contributed by atoms with E-state index in [9.17, 15) is 4.79 Å². The molecule has 0 heterocycles. The normalized spacial score (nSPS) is 11.9. The Balaban J connectivity index is 2.93. The number of benzene rings is 1. The van der Waals surface area contributed by atoms with E-state index in [1.165, 1.54) is 0 Å².